The van der Waals surface area contributed by atoms with Gasteiger partial charge in [-0.3, -0.25) is 9.10 Å². The Labute approximate surface area is 162 Å². The Bertz CT molecular complexity index is 907. The summed E-state index contributed by atoms with van der Waals surface area (Å²) < 4.78 is 25.9. The van der Waals surface area contributed by atoms with Gasteiger partial charge in [-0.2, -0.15) is 0 Å². The highest BCUT2D eigenvalue weighted by atomic mass is 32.2. The van der Waals surface area contributed by atoms with E-state index in [1.807, 2.05) is 63.2 Å². The normalized spacial score (nSPS) is 11.3. The fourth-order valence-electron chi connectivity index (χ4n) is 2.93. The molecule has 1 N–H and O–H groups in total. The summed E-state index contributed by atoms with van der Waals surface area (Å²) in [6, 6.07) is 13.7. The van der Waals surface area contributed by atoms with Gasteiger partial charge in [-0.05, 0) is 55.5 Å². The summed E-state index contributed by atoms with van der Waals surface area (Å²) in [6.45, 7) is 6.60. The maximum atomic E-state index is 12.2. The molecule has 0 saturated heterocycles. The quantitative estimate of drug-likeness (QED) is 0.753. The van der Waals surface area contributed by atoms with E-state index in [9.17, 15) is 13.2 Å². The van der Waals surface area contributed by atoms with E-state index >= 15 is 0 Å². The molecule has 0 atom stereocenters. The molecule has 0 heterocycles. The first kappa shape index (κ1) is 21.0. The van der Waals surface area contributed by atoms with Gasteiger partial charge in [0.15, 0.2) is 0 Å². The van der Waals surface area contributed by atoms with Gasteiger partial charge in [0.05, 0.1) is 11.9 Å². The van der Waals surface area contributed by atoms with Crippen LogP contribution in [0.5, 0.6) is 0 Å². The number of benzene rings is 2. The third-order valence-corrected chi connectivity index (χ3v) is 5.72. The molecule has 5 nitrogen and oxygen atoms in total. The van der Waals surface area contributed by atoms with Crippen molar-refractivity contribution in [2.24, 2.45) is 0 Å². The van der Waals surface area contributed by atoms with Crippen molar-refractivity contribution in [3.8, 4) is 0 Å². The minimum atomic E-state index is -3.41. The largest absolute Gasteiger partial charge is 0.352 e. The summed E-state index contributed by atoms with van der Waals surface area (Å²) in [6.07, 6.45) is 1.94. The van der Waals surface area contributed by atoms with Gasteiger partial charge in [0.25, 0.3) is 0 Å². The molecule has 0 radical (unpaired) electrons. The highest BCUT2D eigenvalue weighted by molar-refractivity contribution is 7.92. The molecule has 0 bridgehead atoms. The molecule has 6 heteroatoms. The first-order valence-corrected chi connectivity index (χ1v) is 10.9. The monoisotopic (exact) mass is 388 g/mol. The molecule has 0 aliphatic heterocycles. The summed E-state index contributed by atoms with van der Waals surface area (Å²) >= 11 is 0. The van der Waals surface area contributed by atoms with Crippen LogP contribution in [0.1, 0.15) is 35.1 Å². The molecule has 2 aromatic rings. The molecule has 0 aliphatic rings. The molecule has 0 aromatic heterocycles. The first-order valence-electron chi connectivity index (χ1n) is 9.04. The molecular weight excluding hydrogens is 360 g/mol. The average Bonchev–Trinajstić information content (AvgIpc) is 2.59. The number of nitrogens with one attached hydrogen (secondary N) is 1. The molecule has 2 rings (SSSR count). The molecule has 0 unspecified atom stereocenters. The lowest BCUT2D eigenvalue weighted by molar-refractivity contribution is -0.121. The van der Waals surface area contributed by atoms with Crippen LogP contribution in [0.25, 0.3) is 0 Å². The predicted octanol–water partition coefficient (Wildman–Crippen LogP) is 3.47. The zero-order valence-electron chi connectivity index (χ0n) is 16.5. The van der Waals surface area contributed by atoms with Gasteiger partial charge in [0.2, 0.25) is 15.9 Å². The minimum Gasteiger partial charge on any atom is -0.352 e. The van der Waals surface area contributed by atoms with Crippen LogP contribution in [-0.4, -0.2) is 27.1 Å². The van der Waals surface area contributed by atoms with Crippen molar-refractivity contribution in [1.82, 2.24) is 5.32 Å². The maximum absolute atomic E-state index is 12.2. The van der Waals surface area contributed by atoms with E-state index in [4.69, 9.17) is 0 Å². The van der Waals surface area contributed by atoms with E-state index in [1.54, 1.807) is 0 Å². The number of hydrogen-bond donors (Lipinski definition) is 1. The van der Waals surface area contributed by atoms with Gasteiger partial charge in [-0.25, -0.2) is 8.42 Å². The van der Waals surface area contributed by atoms with E-state index in [0.29, 0.717) is 18.7 Å². The van der Waals surface area contributed by atoms with E-state index in [2.05, 4.69) is 5.32 Å². The van der Waals surface area contributed by atoms with Crippen LogP contribution in [0.2, 0.25) is 0 Å². The summed E-state index contributed by atoms with van der Waals surface area (Å²) in [4.78, 5) is 12.1. The second-order valence-corrected chi connectivity index (χ2v) is 8.84. The topological polar surface area (TPSA) is 66.5 Å². The van der Waals surface area contributed by atoms with Gasteiger partial charge in [-0.1, -0.05) is 36.4 Å². The Kier molecular flexibility index (Phi) is 7.02. The minimum absolute atomic E-state index is 0.0762. The smallest absolute Gasteiger partial charge is 0.232 e. The number of hydrogen-bond acceptors (Lipinski definition) is 3. The van der Waals surface area contributed by atoms with Crippen LogP contribution in [0.4, 0.5) is 5.69 Å². The van der Waals surface area contributed by atoms with Gasteiger partial charge < -0.3 is 5.32 Å². The molecule has 0 aliphatic carbocycles. The van der Waals surface area contributed by atoms with Gasteiger partial charge >= 0.3 is 0 Å². The Balaban J connectivity index is 1.95. The Morgan fingerprint density at radius 2 is 1.74 bits per heavy atom. The lowest BCUT2D eigenvalue weighted by Gasteiger charge is -2.24. The molecule has 146 valence electrons. The van der Waals surface area contributed by atoms with E-state index in [0.717, 1.165) is 22.3 Å². The number of carbonyl (C=O) groups is 1. The fourth-order valence-corrected chi connectivity index (χ4v) is 3.94. The molecule has 0 fully saturated rings. The number of carbonyl (C=O) groups excluding carboxylic acids is 1. The van der Waals surface area contributed by atoms with Crippen LogP contribution in [0, 0.1) is 20.8 Å². The van der Waals surface area contributed by atoms with Gasteiger partial charge in [-0.15, -0.1) is 0 Å². The summed E-state index contributed by atoms with van der Waals surface area (Å²) in [5.41, 5.74) is 4.79. The van der Waals surface area contributed by atoms with Gasteiger partial charge in [0.1, 0.15) is 0 Å². The second-order valence-electron chi connectivity index (χ2n) is 6.93. The zero-order chi connectivity index (χ0) is 20.0. The van der Waals surface area contributed by atoms with Crippen LogP contribution >= 0.6 is 0 Å². The average molecular weight is 389 g/mol. The third kappa shape index (κ3) is 6.10. The highest BCUT2D eigenvalue weighted by Gasteiger charge is 2.19. The SMILES string of the molecule is Cc1ccc(C)c(N(CCCC(=O)NCc2ccccc2C)S(C)(=O)=O)c1. The summed E-state index contributed by atoms with van der Waals surface area (Å²) in [5, 5.41) is 2.91. The van der Waals surface area contributed by atoms with E-state index < -0.39 is 10.0 Å². The number of rotatable bonds is 8. The second kappa shape index (κ2) is 9.04. The molecule has 27 heavy (non-hydrogen) atoms. The van der Waals surface area contributed by atoms with Crippen molar-refractivity contribution in [1.29, 1.82) is 0 Å². The van der Waals surface area contributed by atoms with Crippen LogP contribution in [0.15, 0.2) is 42.5 Å². The van der Waals surface area contributed by atoms with Crippen molar-refractivity contribution in [2.45, 2.75) is 40.2 Å². The van der Waals surface area contributed by atoms with Crippen molar-refractivity contribution in [3.05, 3.63) is 64.7 Å². The Morgan fingerprint density at radius 1 is 1.04 bits per heavy atom. The number of sulfonamides is 1. The van der Waals surface area contributed by atoms with Crippen molar-refractivity contribution < 1.29 is 13.2 Å². The third-order valence-electron chi connectivity index (χ3n) is 4.54. The van der Waals surface area contributed by atoms with Crippen LogP contribution in [-0.2, 0) is 21.4 Å². The lowest BCUT2D eigenvalue weighted by atomic mass is 10.1. The van der Waals surface area contributed by atoms with E-state index in [1.165, 1.54) is 10.6 Å². The fraction of sp³-hybridized carbons (Fsp3) is 0.381. The number of aryl methyl sites for hydroxylation is 3. The first-order chi connectivity index (χ1) is 12.7. The predicted molar refractivity (Wildman–Crippen MR) is 110 cm³/mol. The van der Waals surface area contributed by atoms with Crippen LogP contribution in [0.3, 0.4) is 0 Å². The molecule has 1 amide bonds. The van der Waals surface area contributed by atoms with Crippen molar-refractivity contribution >= 4 is 21.6 Å². The Hall–Kier alpha value is -2.34. The number of amides is 1. The Morgan fingerprint density at radius 3 is 2.41 bits per heavy atom. The van der Waals surface area contributed by atoms with Crippen molar-refractivity contribution in [2.75, 3.05) is 17.1 Å². The zero-order valence-corrected chi connectivity index (χ0v) is 17.3. The molecule has 2 aromatic carbocycles. The number of nitrogens with zero attached hydrogens (tertiary/aromatic N) is 1. The highest BCUT2D eigenvalue weighted by Crippen LogP contribution is 2.24. The van der Waals surface area contributed by atoms with Gasteiger partial charge in [0, 0.05) is 19.5 Å². The van der Waals surface area contributed by atoms with Crippen LogP contribution < -0.4 is 9.62 Å². The van der Waals surface area contributed by atoms with E-state index in [-0.39, 0.29) is 18.9 Å². The maximum Gasteiger partial charge on any atom is 0.232 e. The standard InChI is InChI=1S/C21H28N2O3S/c1-16-11-12-18(3)20(14-16)23(27(4,25)26)13-7-10-21(24)22-15-19-9-6-5-8-17(19)2/h5-6,8-9,11-12,14H,7,10,13,15H2,1-4H3,(H,22,24). The summed E-state index contributed by atoms with van der Waals surface area (Å²) in [5.74, 6) is -0.0762. The summed E-state index contributed by atoms with van der Waals surface area (Å²) in [7, 11) is -3.41. The number of anilines is 1. The molecule has 0 saturated carbocycles. The lowest BCUT2D eigenvalue weighted by Crippen LogP contribution is -2.32. The van der Waals surface area contributed by atoms with Crippen molar-refractivity contribution in [3.63, 3.8) is 0 Å². The molecule has 0 spiro atoms. The molecular formula is C21H28N2O3S.